The largest absolute Gasteiger partial charge is 0.490 e. The van der Waals surface area contributed by atoms with Gasteiger partial charge in [-0.15, -0.1) is 10.2 Å². The van der Waals surface area contributed by atoms with Crippen molar-refractivity contribution in [1.29, 1.82) is 0 Å². The Kier molecular flexibility index (Phi) is 7.33. The van der Waals surface area contributed by atoms with Crippen LogP contribution < -0.4 is 10.6 Å². The van der Waals surface area contributed by atoms with Crippen molar-refractivity contribution in [3.8, 4) is 0 Å². The van der Waals surface area contributed by atoms with Crippen molar-refractivity contribution >= 4 is 50.8 Å². The monoisotopic (exact) mass is 477 g/mol. The molecule has 4 aromatic rings. The minimum Gasteiger partial charge on any atom is -0.475 e. The van der Waals surface area contributed by atoms with Gasteiger partial charge in [-0.25, -0.2) is 14.8 Å². The normalized spacial score (nSPS) is 11.1. The number of alkyl halides is 3. The first-order valence-corrected chi connectivity index (χ1v) is 10.3. The number of rotatable bonds is 5. The van der Waals surface area contributed by atoms with Gasteiger partial charge in [0, 0.05) is 18.3 Å². The first-order valence-electron chi connectivity index (χ1n) is 9.48. The molecule has 0 bridgehead atoms. The number of carboxylic acids is 1. The van der Waals surface area contributed by atoms with Crippen molar-refractivity contribution in [2.24, 2.45) is 0 Å². The van der Waals surface area contributed by atoms with Crippen molar-refractivity contribution in [2.75, 3.05) is 10.6 Å². The van der Waals surface area contributed by atoms with Crippen LogP contribution in [-0.2, 0) is 4.79 Å². The number of carbonyl (C=O) groups is 1. The van der Waals surface area contributed by atoms with Gasteiger partial charge < -0.3 is 15.7 Å². The van der Waals surface area contributed by atoms with Crippen molar-refractivity contribution in [1.82, 2.24) is 25.1 Å². The maximum absolute atomic E-state index is 10.6. The van der Waals surface area contributed by atoms with Crippen LogP contribution in [0.3, 0.4) is 0 Å². The van der Waals surface area contributed by atoms with Crippen LogP contribution in [0.2, 0.25) is 0 Å². The van der Waals surface area contributed by atoms with Crippen LogP contribution in [0.1, 0.15) is 24.8 Å². The molecule has 4 rings (SSSR count). The zero-order valence-corrected chi connectivity index (χ0v) is 18.1. The van der Waals surface area contributed by atoms with Crippen LogP contribution in [0, 0.1) is 0 Å². The molecule has 3 N–H and O–H groups in total. The highest BCUT2D eigenvalue weighted by molar-refractivity contribution is 7.15. The summed E-state index contributed by atoms with van der Waals surface area (Å²) in [5.74, 6) is -0.953. The zero-order chi connectivity index (χ0) is 24.0. The topological polar surface area (TPSA) is 126 Å². The first-order chi connectivity index (χ1) is 15.6. The Labute approximate surface area is 189 Å². The summed E-state index contributed by atoms with van der Waals surface area (Å²) in [6, 6.07) is 11.4. The first kappa shape index (κ1) is 23.8. The third-order valence-corrected chi connectivity index (χ3v) is 5.06. The Morgan fingerprint density at radius 1 is 1.00 bits per heavy atom. The van der Waals surface area contributed by atoms with Gasteiger partial charge >= 0.3 is 12.1 Å². The highest BCUT2D eigenvalue weighted by Gasteiger charge is 2.38. The van der Waals surface area contributed by atoms with Gasteiger partial charge in [-0.2, -0.15) is 13.2 Å². The highest BCUT2D eigenvalue weighted by Crippen LogP contribution is 2.27. The Morgan fingerprint density at radius 2 is 1.76 bits per heavy atom. The molecule has 4 heterocycles. The van der Waals surface area contributed by atoms with Crippen molar-refractivity contribution in [3.05, 3.63) is 53.8 Å². The second-order valence-corrected chi connectivity index (χ2v) is 7.80. The minimum absolute atomic E-state index is 0.353. The van der Waals surface area contributed by atoms with Crippen molar-refractivity contribution in [3.63, 3.8) is 0 Å². The predicted molar refractivity (Wildman–Crippen MR) is 118 cm³/mol. The van der Waals surface area contributed by atoms with E-state index in [1.165, 1.54) is 11.3 Å². The van der Waals surface area contributed by atoms with Gasteiger partial charge in [-0.05, 0) is 30.3 Å². The lowest BCUT2D eigenvalue weighted by Gasteiger charge is -2.09. The molecule has 172 valence electrons. The maximum atomic E-state index is 10.6. The van der Waals surface area contributed by atoms with E-state index in [0.29, 0.717) is 11.7 Å². The Morgan fingerprint density at radius 3 is 2.36 bits per heavy atom. The van der Waals surface area contributed by atoms with E-state index < -0.39 is 12.1 Å². The van der Waals surface area contributed by atoms with Gasteiger partial charge in [-0.3, -0.25) is 4.98 Å². The Balaban J connectivity index is 0.000000383. The molecule has 0 saturated heterocycles. The molecule has 0 aliphatic heterocycles. The zero-order valence-electron chi connectivity index (χ0n) is 17.3. The molecule has 0 aliphatic carbocycles. The summed E-state index contributed by atoms with van der Waals surface area (Å²) in [4.78, 5) is 22.3. The number of anilines is 4. The van der Waals surface area contributed by atoms with E-state index in [4.69, 9.17) is 14.9 Å². The summed E-state index contributed by atoms with van der Waals surface area (Å²) in [5, 5.41) is 23.7. The molecule has 4 aromatic heterocycles. The number of aromatic nitrogens is 5. The molecule has 0 saturated carbocycles. The summed E-state index contributed by atoms with van der Waals surface area (Å²) < 4.78 is 31.7. The predicted octanol–water partition coefficient (Wildman–Crippen LogP) is 5.12. The van der Waals surface area contributed by atoms with Crippen LogP contribution in [0.15, 0.2) is 48.8 Å². The number of hydrogen-bond donors (Lipinski definition) is 3. The quantitative estimate of drug-likeness (QED) is 0.359. The van der Waals surface area contributed by atoms with Gasteiger partial charge in [0.15, 0.2) is 0 Å². The molecule has 33 heavy (non-hydrogen) atoms. The number of nitrogens with one attached hydrogen (secondary N) is 2. The molecule has 0 fully saturated rings. The van der Waals surface area contributed by atoms with E-state index in [1.807, 2.05) is 36.4 Å². The van der Waals surface area contributed by atoms with Gasteiger partial charge in [0.2, 0.25) is 5.13 Å². The maximum Gasteiger partial charge on any atom is 0.490 e. The standard InChI is InChI=1S/C18H17N7S.C2HF3O2/c1-11(2)17-24-25-18(26-17)23-15-7-6-12-16(22-15)13(8-10-19-12)21-14-5-3-4-9-20-14;3-2(4,5)1(6)7/h3-11H,1-2H3,(H,19,20,21)(H,22,23,25);(H,6,7). The van der Waals surface area contributed by atoms with E-state index >= 15 is 0 Å². The number of aliphatic carboxylic acids is 1. The molecule has 0 spiro atoms. The molecular weight excluding hydrogens is 459 g/mol. The SMILES string of the molecule is CC(C)c1nnc(Nc2ccc3nccc(Nc4ccccn4)c3n2)s1.O=C(O)C(F)(F)F. The van der Waals surface area contributed by atoms with Gasteiger partial charge in [0.1, 0.15) is 22.2 Å². The summed E-state index contributed by atoms with van der Waals surface area (Å²) in [6.45, 7) is 4.19. The molecular formula is C20H18F3N7O2S. The van der Waals surface area contributed by atoms with E-state index in [2.05, 4.69) is 44.6 Å². The van der Waals surface area contributed by atoms with Crippen LogP contribution in [-0.4, -0.2) is 42.4 Å². The summed E-state index contributed by atoms with van der Waals surface area (Å²) >= 11 is 1.53. The lowest BCUT2D eigenvalue weighted by molar-refractivity contribution is -0.192. The van der Waals surface area contributed by atoms with Crippen molar-refractivity contribution in [2.45, 2.75) is 25.9 Å². The van der Waals surface area contributed by atoms with E-state index in [-0.39, 0.29) is 0 Å². The Bertz CT molecular complexity index is 1230. The molecule has 0 radical (unpaired) electrons. The summed E-state index contributed by atoms with van der Waals surface area (Å²) in [7, 11) is 0. The van der Waals surface area contributed by atoms with E-state index in [0.717, 1.165) is 32.7 Å². The van der Waals surface area contributed by atoms with Crippen LogP contribution in [0.25, 0.3) is 11.0 Å². The average molecular weight is 477 g/mol. The second kappa shape index (κ2) is 10.2. The van der Waals surface area contributed by atoms with Crippen LogP contribution in [0.5, 0.6) is 0 Å². The van der Waals surface area contributed by atoms with Crippen molar-refractivity contribution < 1.29 is 23.1 Å². The molecule has 0 aromatic carbocycles. The number of pyridine rings is 3. The fraction of sp³-hybridized carbons (Fsp3) is 0.200. The number of carboxylic acid groups (broad SMARTS) is 1. The molecule has 0 amide bonds. The minimum atomic E-state index is -5.08. The van der Waals surface area contributed by atoms with Crippen LogP contribution >= 0.6 is 11.3 Å². The lowest BCUT2D eigenvalue weighted by atomic mass is 10.2. The molecule has 0 atom stereocenters. The second-order valence-electron chi connectivity index (χ2n) is 6.79. The third kappa shape index (κ3) is 6.55. The summed E-state index contributed by atoms with van der Waals surface area (Å²) in [5.41, 5.74) is 2.41. The third-order valence-electron chi connectivity index (χ3n) is 3.92. The van der Waals surface area contributed by atoms with E-state index in [9.17, 15) is 13.2 Å². The summed E-state index contributed by atoms with van der Waals surface area (Å²) in [6.07, 6.45) is -1.59. The molecule has 9 nitrogen and oxygen atoms in total. The number of hydrogen-bond acceptors (Lipinski definition) is 9. The van der Waals surface area contributed by atoms with Crippen LogP contribution in [0.4, 0.5) is 35.6 Å². The van der Waals surface area contributed by atoms with E-state index in [1.54, 1.807) is 12.4 Å². The smallest absolute Gasteiger partial charge is 0.475 e. The molecule has 0 unspecified atom stereocenters. The molecule has 13 heteroatoms. The number of halogens is 3. The number of fused-ring (bicyclic) bond motifs is 1. The highest BCUT2D eigenvalue weighted by atomic mass is 32.1. The molecule has 0 aliphatic rings. The fourth-order valence-corrected chi connectivity index (χ4v) is 3.15. The number of nitrogens with zero attached hydrogens (tertiary/aromatic N) is 5. The lowest BCUT2D eigenvalue weighted by Crippen LogP contribution is -2.21. The van der Waals surface area contributed by atoms with Gasteiger partial charge in [0.25, 0.3) is 0 Å². The fourth-order valence-electron chi connectivity index (χ4n) is 2.40. The average Bonchev–Trinajstić information content (AvgIpc) is 3.24. The Hall–Kier alpha value is -3.87. The van der Waals surface area contributed by atoms with Gasteiger partial charge in [0.05, 0.1) is 11.2 Å². The van der Waals surface area contributed by atoms with Gasteiger partial charge in [-0.1, -0.05) is 31.3 Å².